The Bertz CT molecular complexity index is 1100. The van der Waals surface area contributed by atoms with Gasteiger partial charge in [-0.05, 0) is 76.7 Å². The van der Waals surface area contributed by atoms with Crippen molar-refractivity contribution in [2.45, 2.75) is 68.0 Å². The van der Waals surface area contributed by atoms with Crippen LogP contribution in [0.3, 0.4) is 0 Å². The van der Waals surface area contributed by atoms with Gasteiger partial charge >= 0.3 is 6.03 Å². The number of nitrogens with zero attached hydrogens (tertiary/aromatic N) is 4. The van der Waals surface area contributed by atoms with Crippen LogP contribution in [0.4, 0.5) is 10.5 Å². The van der Waals surface area contributed by atoms with Gasteiger partial charge in [0.15, 0.2) is 0 Å². The summed E-state index contributed by atoms with van der Waals surface area (Å²) in [4.78, 5) is 36.4. The molecule has 3 amide bonds. The van der Waals surface area contributed by atoms with Gasteiger partial charge < -0.3 is 20.2 Å². The van der Waals surface area contributed by atoms with Crippen molar-refractivity contribution in [2.75, 3.05) is 39.0 Å². The molecule has 1 spiro atoms. The second-order valence-electron chi connectivity index (χ2n) is 11.4. The fourth-order valence-corrected chi connectivity index (χ4v) is 6.52. The molecule has 8 heteroatoms. The number of urea groups is 1. The van der Waals surface area contributed by atoms with Crippen molar-refractivity contribution >= 4 is 17.6 Å². The standard InChI is InChI=1S/C29H39N5O3/c1-32(2)29(23-7-4-3-5-8-23)16-14-27(15-17-29)21-33(26(36)34(27)22-28(37)12-6-13-28)20-11-25(35)31-24-9-18-30-19-10-24/h3-5,7-10,18-19,37H,6,11-17,20-22H2,1-2H3,(H,30,31,35)/t27-,29-. The summed E-state index contributed by atoms with van der Waals surface area (Å²) >= 11 is 0. The molecule has 3 fully saturated rings. The molecule has 8 nitrogen and oxygen atoms in total. The molecule has 37 heavy (non-hydrogen) atoms. The smallest absolute Gasteiger partial charge is 0.320 e. The summed E-state index contributed by atoms with van der Waals surface area (Å²) < 4.78 is 0. The van der Waals surface area contributed by atoms with E-state index in [4.69, 9.17) is 0 Å². The van der Waals surface area contributed by atoms with Crippen LogP contribution >= 0.6 is 0 Å². The first-order valence-electron chi connectivity index (χ1n) is 13.5. The van der Waals surface area contributed by atoms with E-state index in [1.807, 2.05) is 9.80 Å². The first-order chi connectivity index (χ1) is 17.8. The number of carbonyl (C=O) groups is 2. The van der Waals surface area contributed by atoms with E-state index >= 15 is 0 Å². The molecule has 2 heterocycles. The van der Waals surface area contributed by atoms with Crippen molar-refractivity contribution < 1.29 is 14.7 Å². The Hall–Kier alpha value is -2.97. The van der Waals surface area contributed by atoms with E-state index in [9.17, 15) is 14.7 Å². The van der Waals surface area contributed by atoms with Gasteiger partial charge in [0.05, 0.1) is 17.7 Å². The van der Waals surface area contributed by atoms with Crippen LogP contribution in [-0.4, -0.2) is 81.6 Å². The molecule has 2 saturated carbocycles. The maximum Gasteiger partial charge on any atom is 0.320 e. The van der Waals surface area contributed by atoms with Crippen molar-refractivity contribution in [2.24, 2.45) is 0 Å². The van der Waals surface area contributed by atoms with Crippen molar-refractivity contribution in [1.29, 1.82) is 0 Å². The number of amides is 3. The minimum Gasteiger partial charge on any atom is -0.388 e. The Kier molecular flexibility index (Phi) is 6.98. The molecule has 2 aromatic rings. The number of aliphatic hydroxyl groups is 1. The highest BCUT2D eigenvalue weighted by molar-refractivity contribution is 5.91. The van der Waals surface area contributed by atoms with Gasteiger partial charge in [0, 0.05) is 43.1 Å². The highest BCUT2D eigenvalue weighted by Crippen LogP contribution is 2.50. The fraction of sp³-hybridized carbons (Fsp3) is 0.552. The Morgan fingerprint density at radius 1 is 1.03 bits per heavy atom. The summed E-state index contributed by atoms with van der Waals surface area (Å²) in [5, 5.41) is 13.9. The molecular formula is C29H39N5O3. The number of hydrogen-bond acceptors (Lipinski definition) is 5. The lowest BCUT2D eigenvalue weighted by molar-refractivity contribution is -0.116. The molecule has 0 radical (unpaired) electrons. The van der Waals surface area contributed by atoms with Crippen LogP contribution in [0.25, 0.3) is 0 Å². The van der Waals surface area contributed by atoms with Crippen LogP contribution in [0, 0.1) is 0 Å². The van der Waals surface area contributed by atoms with Crippen LogP contribution < -0.4 is 5.32 Å². The van der Waals surface area contributed by atoms with Gasteiger partial charge in [0.1, 0.15) is 0 Å². The minimum atomic E-state index is -0.785. The predicted octanol–water partition coefficient (Wildman–Crippen LogP) is 3.83. The van der Waals surface area contributed by atoms with Crippen molar-refractivity contribution in [3.05, 3.63) is 60.4 Å². The third-order valence-electron chi connectivity index (χ3n) is 9.04. The van der Waals surface area contributed by atoms with Crippen LogP contribution in [-0.2, 0) is 10.3 Å². The number of β-amino-alcohol motifs (C(OH)–C–C–N with tert-alkyl or cyclic N) is 1. The first-order valence-corrected chi connectivity index (χ1v) is 13.5. The van der Waals surface area contributed by atoms with Crippen molar-refractivity contribution in [1.82, 2.24) is 19.7 Å². The average Bonchev–Trinajstić information content (AvgIpc) is 3.13. The highest BCUT2D eigenvalue weighted by Gasteiger charge is 2.56. The van der Waals surface area contributed by atoms with Gasteiger partial charge in [-0.25, -0.2) is 4.79 Å². The lowest BCUT2D eigenvalue weighted by Crippen LogP contribution is -2.59. The van der Waals surface area contributed by atoms with E-state index in [1.165, 1.54) is 5.56 Å². The number of aromatic nitrogens is 1. The third kappa shape index (κ3) is 4.97. The zero-order chi connectivity index (χ0) is 26.1. The molecule has 0 unspecified atom stereocenters. The molecule has 1 aliphatic heterocycles. The number of pyridine rings is 1. The zero-order valence-corrected chi connectivity index (χ0v) is 22.0. The topological polar surface area (TPSA) is 89.0 Å². The fourth-order valence-electron chi connectivity index (χ4n) is 6.52. The largest absolute Gasteiger partial charge is 0.388 e. The van der Waals surface area contributed by atoms with Gasteiger partial charge in [-0.1, -0.05) is 30.3 Å². The molecule has 5 rings (SSSR count). The monoisotopic (exact) mass is 505 g/mol. The second kappa shape index (κ2) is 10.1. The van der Waals surface area contributed by atoms with Gasteiger partial charge in [-0.15, -0.1) is 0 Å². The summed E-state index contributed by atoms with van der Waals surface area (Å²) in [5.41, 5.74) is 0.830. The quantitative estimate of drug-likeness (QED) is 0.569. The number of rotatable bonds is 8. The maximum atomic E-state index is 13.7. The molecule has 2 N–H and O–H groups in total. The predicted molar refractivity (Wildman–Crippen MR) is 143 cm³/mol. The highest BCUT2D eigenvalue weighted by atomic mass is 16.3. The normalized spacial score (nSPS) is 27.0. The summed E-state index contributed by atoms with van der Waals surface area (Å²) in [7, 11) is 4.29. The molecule has 198 valence electrons. The van der Waals surface area contributed by atoms with Gasteiger partial charge in [0.25, 0.3) is 0 Å². The van der Waals surface area contributed by atoms with Crippen LogP contribution in [0.5, 0.6) is 0 Å². The Morgan fingerprint density at radius 2 is 1.70 bits per heavy atom. The number of carbonyl (C=O) groups excluding carboxylic acids is 2. The van der Waals surface area contributed by atoms with Crippen LogP contribution in [0.1, 0.15) is 56.9 Å². The van der Waals surface area contributed by atoms with E-state index in [-0.39, 0.29) is 29.4 Å². The van der Waals surface area contributed by atoms with E-state index in [0.717, 1.165) is 44.9 Å². The summed E-state index contributed by atoms with van der Waals surface area (Å²) in [6.07, 6.45) is 9.58. The molecular weight excluding hydrogens is 466 g/mol. The average molecular weight is 506 g/mol. The Morgan fingerprint density at radius 3 is 2.30 bits per heavy atom. The minimum absolute atomic E-state index is 0.0471. The Balaban J connectivity index is 1.32. The lowest BCUT2D eigenvalue weighted by atomic mass is 9.67. The molecule has 1 aromatic carbocycles. The van der Waals surface area contributed by atoms with Gasteiger partial charge in [0.2, 0.25) is 5.91 Å². The molecule has 2 aliphatic carbocycles. The molecule has 0 bridgehead atoms. The number of anilines is 1. The van der Waals surface area contributed by atoms with E-state index in [1.54, 1.807) is 24.5 Å². The molecule has 1 aromatic heterocycles. The van der Waals surface area contributed by atoms with Gasteiger partial charge in [-0.2, -0.15) is 0 Å². The number of hydrogen-bond donors (Lipinski definition) is 2. The first kappa shape index (κ1) is 25.7. The number of benzene rings is 1. The number of nitrogens with one attached hydrogen (secondary N) is 1. The second-order valence-corrected chi connectivity index (χ2v) is 11.4. The molecule has 1 saturated heterocycles. The molecule has 3 aliphatic rings. The third-order valence-corrected chi connectivity index (χ3v) is 9.04. The summed E-state index contributed by atoms with van der Waals surface area (Å²) in [6.45, 7) is 1.35. The lowest BCUT2D eigenvalue weighted by Gasteiger charge is -2.52. The molecule has 0 atom stereocenters. The van der Waals surface area contributed by atoms with Gasteiger partial charge in [-0.3, -0.25) is 14.7 Å². The van der Waals surface area contributed by atoms with Crippen molar-refractivity contribution in [3.8, 4) is 0 Å². The van der Waals surface area contributed by atoms with Crippen LogP contribution in [0.15, 0.2) is 54.9 Å². The van der Waals surface area contributed by atoms with E-state index < -0.39 is 5.60 Å². The van der Waals surface area contributed by atoms with Crippen LogP contribution in [0.2, 0.25) is 0 Å². The zero-order valence-electron chi connectivity index (χ0n) is 22.0. The SMILES string of the molecule is CN(C)[C@]1(c2ccccc2)CC[C@@]2(CC1)CN(CCC(=O)Nc1ccncc1)C(=O)N2CC1(O)CCC1. The van der Waals surface area contributed by atoms with Crippen molar-refractivity contribution in [3.63, 3.8) is 0 Å². The van der Waals surface area contributed by atoms with E-state index in [0.29, 0.717) is 25.3 Å². The summed E-state index contributed by atoms with van der Waals surface area (Å²) in [6, 6.07) is 14.1. The summed E-state index contributed by atoms with van der Waals surface area (Å²) in [5.74, 6) is -0.122. The maximum absolute atomic E-state index is 13.7. The Labute approximate surface area is 219 Å². The van der Waals surface area contributed by atoms with E-state index in [2.05, 4.69) is 59.6 Å².